The Morgan fingerprint density at radius 2 is 1.83 bits per heavy atom. The van der Waals surface area contributed by atoms with Crippen molar-refractivity contribution >= 4 is 22.7 Å². The second-order valence-corrected chi connectivity index (χ2v) is 12.3. The number of amides is 2. The number of nitrogens with zero attached hydrogens (tertiary/aromatic N) is 2. The number of hydrogen-bond donors (Lipinski definition) is 2. The van der Waals surface area contributed by atoms with Crippen LogP contribution >= 0.6 is 0 Å². The molecule has 1 aliphatic heterocycles. The van der Waals surface area contributed by atoms with Crippen LogP contribution in [0.15, 0.2) is 60.7 Å². The molecule has 1 aromatic heterocycles. The summed E-state index contributed by atoms with van der Waals surface area (Å²) >= 11 is 0. The normalized spacial score (nSPS) is 15.3. The predicted octanol–water partition coefficient (Wildman–Crippen LogP) is 5.91. The number of methoxy groups -OCH3 is 2. The maximum atomic E-state index is 13.9. The van der Waals surface area contributed by atoms with Gasteiger partial charge in [-0.25, -0.2) is 0 Å². The third kappa shape index (κ3) is 6.42. The Kier molecular flexibility index (Phi) is 9.49. The number of likely N-dealkylation sites (N-methyl/N-ethyl adjacent to an activating group) is 1. The van der Waals surface area contributed by atoms with Crippen LogP contribution in [-0.4, -0.2) is 73.5 Å². The summed E-state index contributed by atoms with van der Waals surface area (Å²) in [5.41, 5.74) is 5.85. The monoisotopic (exact) mass is 625 g/mol. The van der Waals surface area contributed by atoms with E-state index >= 15 is 0 Å². The first-order valence-electron chi connectivity index (χ1n) is 16.2. The Morgan fingerprint density at radius 1 is 1.04 bits per heavy atom. The van der Waals surface area contributed by atoms with E-state index < -0.39 is 6.04 Å². The molecule has 2 N–H and O–H groups in total. The zero-order valence-corrected chi connectivity index (χ0v) is 26.9. The molecule has 2 amide bonds. The number of carbonyl (C=O) groups is 2. The van der Waals surface area contributed by atoms with Gasteiger partial charge in [-0.15, -0.1) is 0 Å². The highest BCUT2D eigenvalue weighted by Gasteiger charge is 2.31. The Hall–Kier alpha value is -4.50. The summed E-state index contributed by atoms with van der Waals surface area (Å²) in [6, 6.07) is 17.9. The molecule has 1 atom stereocenters. The van der Waals surface area contributed by atoms with Crippen LogP contribution < -0.4 is 14.8 Å². The average molecular weight is 626 g/mol. The van der Waals surface area contributed by atoms with Crippen LogP contribution in [0.1, 0.15) is 59.5 Å². The minimum Gasteiger partial charge on any atom is -0.508 e. The van der Waals surface area contributed by atoms with Gasteiger partial charge in [0.15, 0.2) is 0 Å². The summed E-state index contributed by atoms with van der Waals surface area (Å²) in [6.45, 7) is 1.93. The van der Waals surface area contributed by atoms with Gasteiger partial charge in [0.2, 0.25) is 5.91 Å². The van der Waals surface area contributed by atoms with Gasteiger partial charge in [-0.3, -0.25) is 9.59 Å². The molecule has 9 heteroatoms. The number of benzene rings is 3. The number of carbonyl (C=O) groups excluding carboxylic acids is 2. The molecule has 9 nitrogen and oxygen atoms in total. The third-order valence-electron chi connectivity index (χ3n) is 9.38. The Labute approximate surface area is 270 Å². The number of phenols is 1. The molecule has 2 aliphatic rings. The smallest absolute Gasteiger partial charge is 0.252 e. The van der Waals surface area contributed by atoms with E-state index in [1.807, 2.05) is 24.3 Å². The lowest BCUT2D eigenvalue weighted by Gasteiger charge is -2.25. The Balaban J connectivity index is 1.38. The molecule has 0 spiro atoms. The Morgan fingerprint density at radius 3 is 2.57 bits per heavy atom. The summed E-state index contributed by atoms with van der Waals surface area (Å²) in [5, 5.41) is 13.9. The van der Waals surface area contributed by atoms with Gasteiger partial charge in [-0.1, -0.05) is 37.5 Å². The molecule has 1 saturated carbocycles. The molecule has 0 unspecified atom stereocenters. The number of aromatic hydroxyl groups is 1. The summed E-state index contributed by atoms with van der Waals surface area (Å²) in [4.78, 5) is 29.0. The SMILES string of the molecule is COCCN(C)C(=O)[C@H](Cc1ccc(O)cc1)NC(=O)c1ccc2c(C3CCCCC3)c3n(c2c1)CCOc1cc(OC)ccc1-3. The van der Waals surface area contributed by atoms with Crippen molar-refractivity contribution < 1.29 is 28.9 Å². The maximum Gasteiger partial charge on any atom is 0.252 e. The molecule has 1 fully saturated rings. The topological polar surface area (TPSA) is 102 Å². The number of aromatic nitrogens is 1. The van der Waals surface area contributed by atoms with Crippen molar-refractivity contribution in [3.63, 3.8) is 0 Å². The van der Waals surface area contributed by atoms with E-state index in [9.17, 15) is 14.7 Å². The van der Waals surface area contributed by atoms with Crippen molar-refractivity contribution in [2.75, 3.05) is 41.0 Å². The van der Waals surface area contributed by atoms with Gasteiger partial charge in [0.25, 0.3) is 5.91 Å². The lowest BCUT2D eigenvalue weighted by Crippen LogP contribution is -2.49. The first-order valence-corrected chi connectivity index (χ1v) is 16.2. The van der Waals surface area contributed by atoms with Crippen LogP contribution in [0.25, 0.3) is 22.2 Å². The van der Waals surface area contributed by atoms with Gasteiger partial charge in [0, 0.05) is 55.2 Å². The van der Waals surface area contributed by atoms with Crippen molar-refractivity contribution in [1.29, 1.82) is 0 Å². The number of rotatable bonds is 10. The van der Waals surface area contributed by atoms with E-state index in [1.54, 1.807) is 50.4 Å². The van der Waals surface area contributed by atoms with Gasteiger partial charge < -0.3 is 34.1 Å². The van der Waals surface area contributed by atoms with Crippen LogP contribution in [0.3, 0.4) is 0 Å². The summed E-state index contributed by atoms with van der Waals surface area (Å²) in [6.07, 6.45) is 6.23. The molecule has 6 rings (SSSR count). The first-order chi connectivity index (χ1) is 22.4. The quantitative estimate of drug-likeness (QED) is 0.227. The zero-order valence-electron chi connectivity index (χ0n) is 26.9. The minimum atomic E-state index is -0.799. The third-order valence-corrected chi connectivity index (χ3v) is 9.38. The summed E-state index contributed by atoms with van der Waals surface area (Å²) in [7, 11) is 4.96. The highest BCUT2D eigenvalue weighted by Crippen LogP contribution is 2.47. The molecular formula is C37H43N3O6. The van der Waals surface area contributed by atoms with Gasteiger partial charge >= 0.3 is 0 Å². The zero-order chi connectivity index (χ0) is 32.2. The molecular weight excluding hydrogens is 582 g/mol. The first kappa shape index (κ1) is 31.5. The summed E-state index contributed by atoms with van der Waals surface area (Å²) in [5.74, 6) is 1.61. The van der Waals surface area contributed by atoms with E-state index in [1.165, 1.54) is 24.8 Å². The number of ether oxygens (including phenoxy) is 3. The predicted molar refractivity (Wildman–Crippen MR) is 178 cm³/mol. The van der Waals surface area contributed by atoms with E-state index in [0.29, 0.717) is 37.8 Å². The van der Waals surface area contributed by atoms with Crippen LogP contribution in [0.4, 0.5) is 0 Å². The van der Waals surface area contributed by atoms with Crippen molar-refractivity contribution in [3.8, 4) is 28.5 Å². The fourth-order valence-corrected chi connectivity index (χ4v) is 6.95. The molecule has 242 valence electrons. The number of phenolic OH excluding ortho intramolecular Hbond substituents is 1. The molecule has 0 saturated heterocycles. The van der Waals surface area contributed by atoms with Crippen LogP contribution in [0, 0.1) is 0 Å². The molecule has 0 bridgehead atoms. The second kappa shape index (κ2) is 13.9. The van der Waals surface area contributed by atoms with Crippen molar-refractivity contribution in [3.05, 3.63) is 77.4 Å². The number of hydrogen-bond acceptors (Lipinski definition) is 6. The van der Waals surface area contributed by atoms with E-state index in [4.69, 9.17) is 14.2 Å². The highest BCUT2D eigenvalue weighted by molar-refractivity contribution is 6.02. The number of nitrogens with one attached hydrogen (secondary N) is 1. The van der Waals surface area contributed by atoms with Crippen molar-refractivity contribution in [1.82, 2.24) is 14.8 Å². The van der Waals surface area contributed by atoms with Crippen LogP contribution in [0.5, 0.6) is 17.2 Å². The van der Waals surface area contributed by atoms with Gasteiger partial charge in [0.1, 0.15) is 29.9 Å². The molecule has 0 radical (unpaired) electrons. The molecule has 4 aromatic rings. The Bertz CT molecular complexity index is 1710. The van der Waals surface area contributed by atoms with Gasteiger partial charge in [-0.2, -0.15) is 0 Å². The number of fused-ring (bicyclic) bond motifs is 5. The molecule has 2 heterocycles. The lowest BCUT2D eigenvalue weighted by atomic mass is 9.81. The second-order valence-electron chi connectivity index (χ2n) is 12.3. The fourth-order valence-electron chi connectivity index (χ4n) is 6.95. The van der Waals surface area contributed by atoms with Crippen LogP contribution in [-0.2, 0) is 22.5 Å². The maximum absolute atomic E-state index is 13.9. The van der Waals surface area contributed by atoms with Crippen molar-refractivity contribution in [2.24, 2.45) is 0 Å². The molecule has 3 aromatic carbocycles. The molecule has 46 heavy (non-hydrogen) atoms. The average Bonchev–Trinajstić information content (AvgIpc) is 3.28. The van der Waals surface area contributed by atoms with Crippen molar-refractivity contribution in [2.45, 2.75) is 57.0 Å². The fraction of sp³-hybridized carbons (Fsp3) is 0.405. The van der Waals surface area contributed by atoms with Crippen LogP contribution in [0.2, 0.25) is 0 Å². The standard InChI is InChI=1S/C37H43N3O6/c1-39(17-19-44-2)37(43)31(21-24-9-12-27(41)13-10-24)38-36(42)26-11-15-29-32(22-26)40-18-20-46-33-23-28(45-3)14-16-30(33)35(40)34(29)25-7-5-4-6-8-25/h9-16,22-23,25,31,41H,4-8,17-21H2,1-3H3,(H,38,42)/t31-/m0/s1. The van der Waals surface area contributed by atoms with E-state index in [-0.39, 0.29) is 24.0 Å². The largest absolute Gasteiger partial charge is 0.508 e. The summed E-state index contributed by atoms with van der Waals surface area (Å²) < 4.78 is 19.2. The molecule has 1 aliphatic carbocycles. The van der Waals surface area contributed by atoms with Gasteiger partial charge in [0.05, 0.1) is 26.0 Å². The highest BCUT2D eigenvalue weighted by atomic mass is 16.5. The van der Waals surface area contributed by atoms with E-state index in [0.717, 1.165) is 52.1 Å². The lowest BCUT2D eigenvalue weighted by molar-refractivity contribution is -0.132. The van der Waals surface area contributed by atoms with E-state index in [2.05, 4.69) is 22.0 Å². The van der Waals surface area contributed by atoms with Gasteiger partial charge in [-0.05, 0) is 66.3 Å². The minimum absolute atomic E-state index is 0.146.